The van der Waals surface area contributed by atoms with Crippen LogP contribution >= 0.6 is 0 Å². The van der Waals surface area contributed by atoms with Crippen molar-refractivity contribution in [2.75, 3.05) is 18.1 Å². The Morgan fingerprint density at radius 2 is 1.91 bits per heavy atom. The van der Waals surface area contributed by atoms with Crippen molar-refractivity contribution in [1.82, 2.24) is 10.2 Å². The van der Waals surface area contributed by atoms with Crippen LogP contribution in [0.1, 0.15) is 44.9 Å². The molecule has 23 heavy (non-hydrogen) atoms. The Morgan fingerprint density at radius 3 is 2.52 bits per heavy atom. The fraction of sp³-hybridized carbons (Fsp3) is 0.800. The molecule has 1 N–H and O–H groups in total. The zero-order valence-corrected chi connectivity index (χ0v) is 13.9. The number of sulfone groups is 1. The van der Waals surface area contributed by atoms with Gasteiger partial charge in [-0.2, -0.15) is 0 Å². The first-order valence-electron chi connectivity index (χ1n) is 8.16. The van der Waals surface area contributed by atoms with Crippen molar-refractivity contribution in [3.8, 4) is 0 Å². The summed E-state index contributed by atoms with van der Waals surface area (Å²) in [5, 5.41) is 2.63. The largest absolute Gasteiger partial charge is 0.351 e. The number of likely N-dealkylation sites (tertiary alicyclic amines) is 1. The summed E-state index contributed by atoms with van der Waals surface area (Å²) >= 11 is 0. The van der Waals surface area contributed by atoms with Gasteiger partial charge in [-0.05, 0) is 19.3 Å². The molecule has 0 radical (unpaired) electrons. The lowest BCUT2D eigenvalue weighted by molar-refractivity contribution is -0.145. The highest BCUT2D eigenvalue weighted by Gasteiger charge is 2.51. The van der Waals surface area contributed by atoms with E-state index >= 15 is 0 Å². The predicted octanol–water partition coefficient (Wildman–Crippen LogP) is -0.000900. The monoisotopic (exact) mass is 342 g/mol. The summed E-state index contributed by atoms with van der Waals surface area (Å²) in [6.07, 6.45) is 5.00. The summed E-state index contributed by atoms with van der Waals surface area (Å²) in [6, 6.07) is -0.413. The predicted molar refractivity (Wildman–Crippen MR) is 82.1 cm³/mol. The highest BCUT2D eigenvalue weighted by molar-refractivity contribution is 7.91. The normalized spacial score (nSPS) is 29.2. The lowest BCUT2D eigenvalue weighted by Gasteiger charge is -2.30. The summed E-state index contributed by atoms with van der Waals surface area (Å²) in [4.78, 5) is 37.9. The molecular formula is C15H22N2O5S. The Balaban J connectivity index is 1.60. The van der Waals surface area contributed by atoms with Gasteiger partial charge in [0.05, 0.1) is 16.9 Å². The average Bonchev–Trinajstić information content (AvgIpc) is 2.92. The zero-order chi connectivity index (χ0) is 16.7. The summed E-state index contributed by atoms with van der Waals surface area (Å²) < 4.78 is 22.8. The highest BCUT2D eigenvalue weighted by atomic mass is 32.2. The zero-order valence-electron chi connectivity index (χ0n) is 13.0. The minimum Gasteiger partial charge on any atom is -0.351 e. The topological polar surface area (TPSA) is 101 Å². The molecule has 8 heteroatoms. The fourth-order valence-electron chi connectivity index (χ4n) is 3.97. The Bertz CT molecular complexity index is 636. The molecule has 3 amide bonds. The van der Waals surface area contributed by atoms with Crippen molar-refractivity contribution in [2.24, 2.45) is 5.41 Å². The van der Waals surface area contributed by atoms with Gasteiger partial charge in [-0.1, -0.05) is 19.3 Å². The standard InChI is InChI=1S/C15H22N2O5S/c18-12(16-11-4-7-23(21,22)10-11)9-17-13(19)8-15(14(17)20)5-2-1-3-6-15/h11H,1-10H2,(H,16,18)/t11-/m1/s1. The van der Waals surface area contributed by atoms with E-state index in [0.717, 1.165) is 37.0 Å². The van der Waals surface area contributed by atoms with E-state index < -0.39 is 27.2 Å². The lowest BCUT2D eigenvalue weighted by Crippen LogP contribution is -2.45. The molecule has 2 saturated heterocycles. The molecular weight excluding hydrogens is 320 g/mol. The van der Waals surface area contributed by atoms with Crippen molar-refractivity contribution < 1.29 is 22.8 Å². The number of imide groups is 1. The number of amides is 3. The maximum atomic E-state index is 12.6. The smallest absolute Gasteiger partial charge is 0.240 e. The van der Waals surface area contributed by atoms with E-state index in [1.54, 1.807) is 0 Å². The molecule has 0 aromatic heterocycles. The third-order valence-corrected chi connectivity index (χ3v) is 6.97. The van der Waals surface area contributed by atoms with E-state index in [0.29, 0.717) is 6.42 Å². The molecule has 128 valence electrons. The first kappa shape index (κ1) is 16.4. The summed E-state index contributed by atoms with van der Waals surface area (Å²) in [6.45, 7) is -0.296. The van der Waals surface area contributed by atoms with E-state index in [1.165, 1.54) is 0 Å². The van der Waals surface area contributed by atoms with Crippen LogP contribution in [0.2, 0.25) is 0 Å². The highest BCUT2D eigenvalue weighted by Crippen LogP contribution is 2.45. The second-order valence-corrected chi connectivity index (χ2v) is 9.20. The Kier molecular flexibility index (Phi) is 4.20. The van der Waals surface area contributed by atoms with Crippen molar-refractivity contribution in [3.63, 3.8) is 0 Å². The van der Waals surface area contributed by atoms with Crippen LogP contribution in [0, 0.1) is 5.41 Å². The van der Waals surface area contributed by atoms with Crippen molar-refractivity contribution in [2.45, 2.75) is 51.0 Å². The van der Waals surface area contributed by atoms with Gasteiger partial charge in [0.25, 0.3) is 0 Å². The molecule has 2 aliphatic heterocycles. The number of hydrogen-bond donors (Lipinski definition) is 1. The van der Waals surface area contributed by atoms with Gasteiger partial charge < -0.3 is 5.32 Å². The van der Waals surface area contributed by atoms with E-state index in [4.69, 9.17) is 0 Å². The molecule has 7 nitrogen and oxygen atoms in total. The maximum Gasteiger partial charge on any atom is 0.240 e. The second kappa shape index (κ2) is 5.89. The molecule has 1 aliphatic carbocycles. The third-order valence-electron chi connectivity index (χ3n) is 5.20. The fourth-order valence-corrected chi connectivity index (χ4v) is 5.64. The molecule has 3 fully saturated rings. The molecule has 3 aliphatic rings. The van der Waals surface area contributed by atoms with Crippen LogP contribution in [-0.2, 0) is 24.2 Å². The number of carbonyl (C=O) groups excluding carboxylic acids is 3. The van der Waals surface area contributed by atoms with E-state index in [-0.39, 0.29) is 36.3 Å². The molecule has 1 spiro atoms. The minimum atomic E-state index is -3.07. The van der Waals surface area contributed by atoms with Gasteiger partial charge in [0, 0.05) is 12.5 Å². The molecule has 0 aromatic carbocycles. The number of nitrogens with zero attached hydrogens (tertiary/aromatic N) is 1. The van der Waals surface area contributed by atoms with Crippen LogP contribution < -0.4 is 5.32 Å². The van der Waals surface area contributed by atoms with Gasteiger partial charge in [-0.3, -0.25) is 19.3 Å². The van der Waals surface area contributed by atoms with Crippen molar-refractivity contribution in [1.29, 1.82) is 0 Å². The number of carbonyl (C=O) groups is 3. The van der Waals surface area contributed by atoms with E-state index in [2.05, 4.69) is 5.32 Å². The number of rotatable bonds is 3. The quantitative estimate of drug-likeness (QED) is 0.728. The molecule has 3 rings (SSSR count). The van der Waals surface area contributed by atoms with Crippen molar-refractivity contribution >= 4 is 27.6 Å². The van der Waals surface area contributed by atoms with Crippen LogP contribution in [0.5, 0.6) is 0 Å². The lowest BCUT2D eigenvalue weighted by atomic mass is 9.73. The average molecular weight is 342 g/mol. The summed E-state index contributed by atoms with van der Waals surface area (Å²) in [5.41, 5.74) is -0.591. The van der Waals surface area contributed by atoms with Gasteiger partial charge in [-0.15, -0.1) is 0 Å². The van der Waals surface area contributed by atoms with Gasteiger partial charge in [-0.25, -0.2) is 8.42 Å². The molecule has 0 bridgehead atoms. The van der Waals surface area contributed by atoms with Crippen LogP contribution in [0.25, 0.3) is 0 Å². The van der Waals surface area contributed by atoms with Crippen molar-refractivity contribution in [3.05, 3.63) is 0 Å². The molecule has 2 heterocycles. The molecule has 0 unspecified atom stereocenters. The van der Waals surface area contributed by atoms with Crippen LogP contribution in [0.3, 0.4) is 0 Å². The Hall–Kier alpha value is -1.44. The maximum absolute atomic E-state index is 12.6. The molecule has 0 aromatic rings. The summed E-state index contributed by atoms with van der Waals surface area (Å²) in [7, 11) is -3.07. The first-order valence-corrected chi connectivity index (χ1v) is 9.98. The Labute approximate surface area is 135 Å². The first-order chi connectivity index (χ1) is 10.8. The van der Waals surface area contributed by atoms with Crippen LogP contribution in [0.15, 0.2) is 0 Å². The third kappa shape index (κ3) is 3.27. The van der Waals surface area contributed by atoms with Gasteiger partial charge >= 0.3 is 0 Å². The van der Waals surface area contributed by atoms with E-state index in [9.17, 15) is 22.8 Å². The van der Waals surface area contributed by atoms with E-state index in [1.807, 2.05) is 0 Å². The Morgan fingerprint density at radius 1 is 1.22 bits per heavy atom. The minimum absolute atomic E-state index is 0.0649. The molecule has 1 saturated carbocycles. The second-order valence-electron chi connectivity index (χ2n) is 6.97. The van der Waals surface area contributed by atoms with Crippen LogP contribution in [-0.4, -0.2) is 55.1 Å². The van der Waals surface area contributed by atoms with Gasteiger partial charge in [0.15, 0.2) is 9.84 Å². The van der Waals surface area contributed by atoms with Crippen LogP contribution in [0.4, 0.5) is 0 Å². The van der Waals surface area contributed by atoms with Gasteiger partial charge in [0.2, 0.25) is 17.7 Å². The summed E-state index contributed by atoms with van der Waals surface area (Å²) in [5.74, 6) is -0.961. The SMILES string of the molecule is O=C(CN1C(=O)CC2(CCCCC2)C1=O)N[C@@H]1CCS(=O)(=O)C1. The van der Waals surface area contributed by atoms with Gasteiger partial charge in [0.1, 0.15) is 6.54 Å². The number of nitrogens with one attached hydrogen (secondary N) is 1. The molecule has 1 atom stereocenters. The number of hydrogen-bond acceptors (Lipinski definition) is 5.